The van der Waals surface area contributed by atoms with Gasteiger partial charge in [0.15, 0.2) is 0 Å². The van der Waals surface area contributed by atoms with Crippen molar-refractivity contribution in [2.75, 3.05) is 4.72 Å². The van der Waals surface area contributed by atoms with Gasteiger partial charge in [-0.05, 0) is 51.9 Å². The van der Waals surface area contributed by atoms with Gasteiger partial charge in [-0.1, -0.05) is 35.9 Å². The molecule has 0 bridgehead atoms. The third kappa shape index (κ3) is 4.84. The maximum absolute atomic E-state index is 12.2. The number of nitrogens with two attached hydrogens (primary N) is 1. The Balaban J connectivity index is 2.14. The number of nitrogens with one attached hydrogen (secondary N) is 1. The summed E-state index contributed by atoms with van der Waals surface area (Å²) in [6, 6.07) is 12.3. The van der Waals surface area contributed by atoms with Gasteiger partial charge < -0.3 is 5.73 Å². The van der Waals surface area contributed by atoms with E-state index in [4.69, 9.17) is 17.3 Å². The second-order valence-electron chi connectivity index (χ2n) is 4.51. The smallest absolute Gasteiger partial charge is 0.236 e. The standard InChI is InChI=1S/C14H14ClIN2O2S/c15-13-7-12(16)5-6-14(13)18-21(19,20)9-11-3-1-10(8-17)2-4-11/h1-7,18H,8-9,17H2. The fraction of sp³-hybridized carbons (Fsp3) is 0.143. The first-order chi connectivity index (χ1) is 9.89. The lowest BCUT2D eigenvalue weighted by Gasteiger charge is -2.10. The summed E-state index contributed by atoms with van der Waals surface area (Å²) in [6.07, 6.45) is 0. The first-order valence-electron chi connectivity index (χ1n) is 6.13. The van der Waals surface area contributed by atoms with Crippen molar-refractivity contribution in [2.24, 2.45) is 5.73 Å². The number of benzene rings is 2. The molecule has 0 saturated carbocycles. The molecule has 0 radical (unpaired) electrons. The van der Waals surface area contributed by atoms with E-state index in [1.165, 1.54) is 0 Å². The molecule has 4 nitrogen and oxygen atoms in total. The van der Waals surface area contributed by atoms with Crippen molar-refractivity contribution in [3.8, 4) is 0 Å². The molecule has 0 amide bonds. The van der Waals surface area contributed by atoms with Gasteiger partial charge in [0.25, 0.3) is 0 Å². The molecule has 0 atom stereocenters. The van der Waals surface area contributed by atoms with Crippen LogP contribution < -0.4 is 10.5 Å². The van der Waals surface area contributed by atoms with Gasteiger partial charge in [0.2, 0.25) is 10.0 Å². The van der Waals surface area contributed by atoms with E-state index in [9.17, 15) is 8.42 Å². The molecule has 0 unspecified atom stereocenters. The summed E-state index contributed by atoms with van der Waals surface area (Å²) in [7, 11) is -3.51. The SMILES string of the molecule is NCc1ccc(CS(=O)(=O)Nc2ccc(I)cc2Cl)cc1. The van der Waals surface area contributed by atoms with Crippen LogP contribution in [0.2, 0.25) is 5.02 Å². The molecule has 21 heavy (non-hydrogen) atoms. The minimum absolute atomic E-state index is 0.111. The third-order valence-corrected chi connectivity index (χ3v) is 5.04. The second kappa shape index (κ2) is 6.95. The maximum atomic E-state index is 12.2. The monoisotopic (exact) mass is 436 g/mol. The lowest BCUT2D eigenvalue weighted by molar-refractivity contribution is 0.600. The van der Waals surface area contributed by atoms with Crippen molar-refractivity contribution in [3.63, 3.8) is 0 Å². The molecule has 0 aromatic heterocycles. The first-order valence-corrected chi connectivity index (χ1v) is 9.24. The largest absolute Gasteiger partial charge is 0.326 e. The Kier molecular flexibility index (Phi) is 5.48. The molecule has 3 N–H and O–H groups in total. The van der Waals surface area contributed by atoms with E-state index in [2.05, 4.69) is 27.3 Å². The fourth-order valence-corrected chi connectivity index (χ4v) is 3.94. The Hall–Kier alpha value is -0.830. The molecule has 0 aliphatic carbocycles. The van der Waals surface area contributed by atoms with Gasteiger partial charge in [0, 0.05) is 10.1 Å². The van der Waals surface area contributed by atoms with Gasteiger partial charge in [0.1, 0.15) is 0 Å². The van der Waals surface area contributed by atoms with Gasteiger partial charge in [-0.15, -0.1) is 0 Å². The van der Waals surface area contributed by atoms with Crippen LogP contribution in [0.5, 0.6) is 0 Å². The fourth-order valence-electron chi connectivity index (χ4n) is 1.77. The summed E-state index contributed by atoms with van der Waals surface area (Å²) in [6.45, 7) is 0.434. The van der Waals surface area contributed by atoms with E-state index in [1.54, 1.807) is 30.3 Å². The molecule has 0 heterocycles. The van der Waals surface area contributed by atoms with Gasteiger partial charge in [-0.25, -0.2) is 8.42 Å². The van der Waals surface area contributed by atoms with Crippen LogP contribution in [0.25, 0.3) is 0 Å². The molecule has 0 aliphatic rings. The van der Waals surface area contributed by atoms with E-state index < -0.39 is 10.0 Å². The number of rotatable bonds is 5. The molecular formula is C14H14ClIN2O2S. The number of hydrogen-bond donors (Lipinski definition) is 2. The predicted octanol–water partition coefficient (Wildman–Crippen LogP) is 3.35. The van der Waals surface area contributed by atoms with Crippen LogP contribution in [-0.4, -0.2) is 8.42 Å². The molecule has 2 aromatic carbocycles. The Labute approximate surface area is 142 Å². The van der Waals surface area contributed by atoms with Crippen molar-refractivity contribution >= 4 is 49.9 Å². The van der Waals surface area contributed by atoms with Gasteiger partial charge in [0.05, 0.1) is 16.5 Å². The summed E-state index contributed by atoms with van der Waals surface area (Å²) in [5, 5.41) is 0.379. The highest BCUT2D eigenvalue weighted by molar-refractivity contribution is 14.1. The quantitative estimate of drug-likeness (QED) is 0.706. The Morgan fingerprint density at radius 3 is 2.29 bits per heavy atom. The number of anilines is 1. The highest BCUT2D eigenvalue weighted by atomic mass is 127. The highest BCUT2D eigenvalue weighted by Gasteiger charge is 2.13. The van der Waals surface area contributed by atoms with Crippen LogP contribution in [0, 0.1) is 3.57 Å². The lowest BCUT2D eigenvalue weighted by Crippen LogP contribution is -2.15. The molecule has 0 aliphatic heterocycles. The number of halogens is 2. The van der Waals surface area contributed by atoms with Crippen molar-refractivity contribution in [3.05, 3.63) is 62.2 Å². The highest BCUT2D eigenvalue weighted by Crippen LogP contribution is 2.25. The van der Waals surface area contributed by atoms with E-state index in [-0.39, 0.29) is 5.75 Å². The average Bonchev–Trinajstić information content (AvgIpc) is 2.42. The predicted molar refractivity (Wildman–Crippen MR) is 94.7 cm³/mol. The first kappa shape index (κ1) is 16.5. The summed E-state index contributed by atoms with van der Waals surface area (Å²) >= 11 is 8.15. The Bertz CT molecular complexity index is 733. The van der Waals surface area contributed by atoms with Gasteiger partial charge >= 0.3 is 0 Å². The van der Waals surface area contributed by atoms with Crippen LogP contribution in [0.1, 0.15) is 11.1 Å². The van der Waals surface area contributed by atoms with Crippen LogP contribution in [0.15, 0.2) is 42.5 Å². The van der Waals surface area contributed by atoms with Crippen molar-refractivity contribution in [1.29, 1.82) is 0 Å². The molecule has 2 rings (SSSR count). The zero-order valence-corrected chi connectivity index (χ0v) is 14.7. The average molecular weight is 437 g/mol. The zero-order chi connectivity index (χ0) is 15.5. The summed E-state index contributed by atoms with van der Waals surface area (Å²) < 4.78 is 27.8. The van der Waals surface area contributed by atoms with Crippen LogP contribution in [-0.2, 0) is 22.3 Å². The molecule has 0 fully saturated rings. The zero-order valence-electron chi connectivity index (χ0n) is 11.0. The topological polar surface area (TPSA) is 72.2 Å². The van der Waals surface area contributed by atoms with E-state index in [1.807, 2.05) is 12.1 Å². The maximum Gasteiger partial charge on any atom is 0.236 e. The van der Waals surface area contributed by atoms with E-state index in [0.29, 0.717) is 22.8 Å². The molecule has 0 spiro atoms. The van der Waals surface area contributed by atoms with Gasteiger partial charge in [-0.3, -0.25) is 4.72 Å². The normalized spacial score (nSPS) is 11.4. The minimum Gasteiger partial charge on any atom is -0.326 e. The van der Waals surface area contributed by atoms with Crippen LogP contribution in [0.4, 0.5) is 5.69 Å². The van der Waals surface area contributed by atoms with Crippen molar-refractivity contribution in [2.45, 2.75) is 12.3 Å². The summed E-state index contributed by atoms with van der Waals surface area (Å²) in [4.78, 5) is 0. The Morgan fingerprint density at radius 1 is 1.10 bits per heavy atom. The second-order valence-corrected chi connectivity index (χ2v) is 7.88. The van der Waals surface area contributed by atoms with Crippen molar-refractivity contribution in [1.82, 2.24) is 0 Å². The number of hydrogen-bond acceptors (Lipinski definition) is 3. The van der Waals surface area contributed by atoms with Crippen LogP contribution >= 0.6 is 34.2 Å². The van der Waals surface area contributed by atoms with Crippen molar-refractivity contribution < 1.29 is 8.42 Å². The van der Waals surface area contributed by atoms with Gasteiger partial charge in [-0.2, -0.15) is 0 Å². The Morgan fingerprint density at radius 2 is 1.71 bits per heavy atom. The lowest BCUT2D eigenvalue weighted by atomic mass is 10.1. The summed E-state index contributed by atoms with van der Waals surface area (Å²) in [5.74, 6) is -0.111. The number of sulfonamides is 1. The molecule has 112 valence electrons. The van der Waals surface area contributed by atoms with E-state index in [0.717, 1.165) is 9.13 Å². The third-order valence-electron chi connectivity index (χ3n) is 2.81. The molecule has 0 saturated heterocycles. The molecule has 2 aromatic rings. The van der Waals surface area contributed by atoms with Crippen LogP contribution in [0.3, 0.4) is 0 Å². The van der Waals surface area contributed by atoms with E-state index >= 15 is 0 Å². The molecule has 7 heteroatoms. The molecular weight excluding hydrogens is 423 g/mol. The minimum atomic E-state index is -3.51. The summed E-state index contributed by atoms with van der Waals surface area (Å²) in [5.41, 5.74) is 7.56.